The van der Waals surface area contributed by atoms with Gasteiger partial charge in [-0.15, -0.1) is 6.42 Å². The highest BCUT2D eigenvalue weighted by Crippen LogP contribution is 2.58. The molecule has 8 rings (SSSR count). The number of halogens is 1. The number of terminal acetylenes is 1. The third kappa shape index (κ3) is 17.8. The minimum absolute atomic E-state index is 0. The minimum atomic E-state index is -2.27. The second kappa shape index (κ2) is 34.6. The van der Waals surface area contributed by atoms with Gasteiger partial charge in [0.15, 0.2) is 38.5 Å². The molecule has 4 fully saturated rings. The van der Waals surface area contributed by atoms with Gasteiger partial charge in [0.05, 0.1) is 59.6 Å². The fourth-order valence-electron chi connectivity index (χ4n) is 16.1. The van der Waals surface area contributed by atoms with Crippen molar-refractivity contribution in [1.82, 2.24) is 6.15 Å². The van der Waals surface area contributed by atoms with Crippen LogP contribution in [-0.2, 0) is 52.0 Å². The summed E-state index contributed by atoms with van der Waals surface area (Å²) in [7, 11) is -3.47. The number of hydrogen-bond acceptors (Lipinski definition) is 21. The van der Waals surface area contributed by atoms with Gasteiger partial charge in [0, 0.05) is 63.2 Å². The van der Waals surface area contributed by atoms with E-state index in [-0.39, 0.29) is 68.2 Å². The van der Waals surface area contributed by atoms with Gasteiger partial charge in [-0.1, -0.05) is 112 Å². The first-order chi connectivity index (χ1) is 46.5. The molecular formula is C77H116ClNO20Si2. The number of carbonyl (C=O) groups excluding carboxylic acids is 6. The van der Waals surface area contributed by atoms with Crippen LogP contribution in [0.2, 0.25) is 36.3 Å². The van der Waals surface area contributed by atoms with Crippen LogP contribution < -0.4 is 6.15 Å². The second-order valence-corrected chi connectivity index (χ2v) is 41.3. The fourth-order valence-corrected chi connectivity index (χ4v) is 20.5. The molecule has 2 saturated heterocycles. The van der Waals surface area contributed by atoms with Gasteiger partial charge < -0.3 is 74.7 Å². The topological polar surface area (TPSA) is 344 Å². The molecule has 0 bridgehead atoms. The van der Waals surface area contributed by atoms with E-state index in [1.165, 1.54) is 45.8 Å². The maximum Gasteiger partial charge on any atom is 0.338 e. The molecule has 10 N–H and O–H groups in total. The summed E-state index contributed by atoms with van der Waals surface area (Å²) in [6.45, 7) is 33.6. The normalized spacial score (nSPS) is 31.0. The molecule has 2 aromatic carbocycles. The molecule has 101 heavy (non-hydrogen) atoms. The Hall–Kier alpha value is -5.46. The van der Waals surface area contributed by atoms with E-state index in [4.69, 9.17) is 50.3 Å². The van der Waals surface area contributed by atoms with Crippen LogP contribution in [0.15, 0.2) is 83.0 Å². The van der Waals surface area contributed by atoms with E-state index in [1.54, 1.807) is 123 Å². The van der Waals surface area contributed by atoms with Crippen molar-refractivity contribution in [2.45, 2.75) is 290 Å². The van der Waals surface area contributed by atoms with Gasteiger partial charge in [0.2, 0.25) is 0 Å². The van der Waals surface area contributed by atoms with E-state index in [0.717, 1.165) is 18.1 Å². The van der Waals surface area contributed by atoms with E-state index in [2.05, 4.69) is 59.3 Å². The van der Waals surface area contributed by atoms with Gasteiger partial charge >= 0.3 is 23.9 Å². The van der Waals surface area contributed by atoms with Gasteiger partial charge in [0.1, 0.15) is 47.8 Å². The van der Waals surface area contributed by atoms with E-state index in [9.17, 15) is 64.5 Å². The fraction of sp³-hybridized carbons (Fsp3) is 0.662. The summed E-state index contributed by atoms with van der Waals surface area (Å²) in [5.41, 5.74) is -9.82. The van der Waals surface area contributed by atoms with Crippen LogP contribution in [0.4, 0.5) is 0 Å². The highest BCUT2D eigenvalue weighted by atomic mass is 35.6. The molecule has 2 heterocycles. The lowest BCUT2D eigenvalue weighted by atomic mass is 9.55. The van der Waals surface area contributed by atoms with Crippen molar-refractivity contribution in [3.63, 3.8) is 0 Å². The number of aliphatic hydroxyl groups excluding tert-OH is 5. The Bertz CT molecular complexity index is 3400. The third-order valence-electron chi connectivity index (χ3n) is 23.5. The SMILES string of the molecule is C#CC#CC.CC(=O)O[C@@]12CO[C@@H]1C[C@H](O)[C@@](C)(C(=O)[C@H](O)C1=C(C)[C@@H](O)C[C@@](O)([C@H](C)OC(=O)c3ccccc3)C1(C)C)C2.CC[Si](CC)(CC)O[C@H]1C[C@H]2OC[C@@]2(OC(C)=O)C[C@]1(C)C(=O)[C@H](O)C1=C(C)[C@@H](O)C[C@@](O)([C@H](C)OC(=O)c2ccccc2)C1(C)C.CC[Si](Cl)(CC)CC.N. The molecule has 2 saturated carbocycles. The Morgan fingerprint density at radius 3 is 1.27 bits per heavy atom. The Balaban J connectivity index is 0.000000364. The Kier molecular flexibility index (Phi) is 30.2. The molecule has 0 amide bonds. The van der Waals surface area contributed by atoms with Gasteiger partial charge in [-0.2, -0.15) is 11.1 Å². The summed E-state index contributed by atoms with van der Waals surface area (Å²) in [6, 6.07) is 22.9. The molecule has 564 valence electrons. The summed E-state index contributed by atoms with van der Waals surface area (Å²) >= 11 is 6.23. The van der Waals surface area contributed by atoms with E-state index >= 15 is 0 Å². The van der Waals surface area contributed by atoms with E-state index in [1.807, 2.05) is 0 Å². The van der Waals surface area contributed by atoms with Crippen molar-refractivity contribution < 1.29 is 97.4 Å². The molecule has 0 unspecified atom stereocenters. The van der Waals surface area contributed by atoms with E-state index in [0.29, 0.717) is 23.1 Å². The van der Waals surface area contributed by atoms with Crippen molar-refractivity contribution in [2.75, 3.05) is 13.2 Å². The zero-order valence-electron chi connectivity index (χ0n) is 63.0. The van der Waals surface area contributed by atoms with Gasteiger partial charge in [-0.3, -0.25) is 19.2 Å². The minimum Gasteiger partial charge on any atom is -0.456 e. The first-order valence-electron chi connectivity index (χ1n) is 35.2. The lowest BCUT2D eigenvalue weighted by Gasteiger charge is -2.59. The highest BCUT2D eigenvalue weighted by molar-refractivity contribution is 7.20. The van der Waals surface area contributed by atoms with Crippen molar-refractivity contribution >= 4 is 62.2 Å². The number of hydrogen-bond donors (Lipinski definition) is 8. The summed E-state index contributed by atoms with van der Waals surface area (Å²) in [4.78, 5) is 78.8. The predicted octanol–water partition coefficient (Wildman–Crippen LogP) is 10.8. The quantitative estimate of drug-likeness (QED) is 0.0136. The average molecular weight is 1470 g/mol. The monoisotopic (exact) mass is 1470 g/mol. The molecule has 2 aliphatic heterocycles. The van der Waals surface area contributed by atoms with Crippen LogP contribution in [0.3, 0.4) is 0 Å². The number of fused-ring (bicyclic) bond motifs is 2. The summed E-state index contributed by atoms with van der Waals surface area (Å²) in [5.74, 6) is 3.47. The molecule has 0 aromatic heterocycles. The van der Waals surface area contributed by atoms with Crippen LogP contribution in [0, 0.1) is 45.8 Å². The maximum absolute atomic E-state index is 14.9. The predicted molar refractivity (Wildman–Crippen MR) is 390 cm³/mol. The molecule has 16 atom stereocenters. The van der Waals surface area contributed by atoms with Crippen LogP contribution >= 0.6 is 11.1 Å². The van der Waals surface area contributed by atoms with Crippen LogP contribution in [0.25, 0.3) is 0 Å². The van der Waals surface area contributed by atoms with Gasteiger partial charge in [-0.05, 0) is 143 Å². The molecule has 0 spiro atoms. The summed E-state index contributed by atoms with van der Waals surface area (Å²) < 4.78 is 41.2. The number of carbonyl (C=O) groups is 6. The third-order valence-corrected chi connectivity index (χ3v) is 34.3. The largest absolute Gasteiger partial charge is 0.456 e. The molecule has 21 nitrogen and oxygen atoms in total. The maximum atomic E-state index is 14.9. The van der Waals surface area contributed by atoms with Gasteiger partial charge in [0.25, 0.3) is 0 Å². The smallest absolute Gasteiger partial charge is 0.338 e. The van der Waals surface area contributed by atoms with Gasteiger partial charge in [-0.25, -0.2) is 9.59 Å². The Labute approximate surface area is 605 Å². The number of ether oxygens (including phenoxy) is 6. The standard InChI is InChI=1S/C36H54O10Si.C30H40O10.C6H15ClSi.C5H4.H3N/c1-10-47(11-2,12-3)46-27-18-28-35(21-43-28,45-24(6)37)20-34(27,9)31(40)30(39)29-22(4)26(38)19-36(42,33(29,7)8)23(5)44-32(41)25-16-14-13-15-17-25;1-16-20(32)13-30(37,17(2)39-26(36)19-10-8-7-9-11-19)27(4,5)23(16)24(34)25(35)28(6)14-29(40-18(3)31)15-38-22(29)12-21(28)33;1-4-8(7,5-2)6-3;1-3-5-4-2;/h13-17,23,26-28,30,38-39,42H,10-12,18-21H2,1-9H3;7-11,17,20-22,24,32-34,37H,12-15H2,1-6H3;4-6H2,1-3H3;1H,2H3;1H3/t23-,26-,27-,28+,30+,34-,35-,36+;17-,20-,21-,22+,24+,28-,29-,30+;;;/m00.../s1. The summed E-state index contributed by atoms with van der Waals surface area (Å²) in [5, 5.41) is 81.3. The number of ketones is 2. The molecular weight excluding hydrogens is 1350 g/mol. The first-order valence-corrected chi connectivity index (χ1v) is 41.4. The highest BCUT2D eigenvalue weighted by Gasteiger charge is 2.68. The number of esters is 4. The van der Waals surface area contributed by atoms with Crippen LogP contribution in [0.5, 0.6) is 0 Å². The van der Waals surface area contributed by atoms with Crippen molar-refractivity contribution in [1.29, 1.82) is 0 Å². The summed E-state index contributed by atoms with van der Waals surface area (Å²) in [6.07, 6.45) is -6.37. The zero-order chi connectivity index (χ0) is 75.7. The van der Waals surface area contributed by atoms with E-state index < -0.39 is 156 Å². The van der Waals surface area contributed by atoms with Crippen LogP contribution in [0.1, 0.15) is 191 Å². The number of Topliss-reactive ketones (excluding diaryl/α,β-unsaturated/α-hetero) is 2. The lowest BCUT2D eigenvalue weighted by molar-refractivity contribution is -0.291. The second-order valence-electron chi connectivity index (χ2n) is 29.8. The molecule has 4 aliphatic carbocycles. The van der Waals surface area contributed by atoms with Crippen molar-refractivity contribution in [3.05, 3.63) is 94.1 Å². The molecule has 2 aromatic rings. The van der Waals surface area contributed by atoms with Crippen LogP contribution in [-0.4, -0.2) is 184 Å². The average Bonchev–Trinajstić information content (AvgIpc) is 0.719. The zero-order valence-corrected chi connectivity index (χ0v) is 65.8. The number of rotatable bonds is 22. The Morgan fingerprint density at radius 2 is 0.970 bits per heavy atom. The lowest BCUT2D eigenvalue weighted by Crippen LogP contribution is -2.71. The molecule has 6 aliphatic rings. The molecule has 24 heteroatoms. The first kappa shape index (κ1) is 87.9. The van der Waals surface area contributed by atoms with Crippen molar-refractivity contribution in [3.8, 4) is 24.2 Å². The number of benzene rings is 2. The molecule has 0 radical (unpaired) electrons. The Morgan fingerprint density at radius 1 is 0.614 bits per heavy atom. The number of aliphatic hydroxyl groups is 7. The van der Waals surface area contributed by atoms with Crippen molar-refractivity contribution in [2.24, 2.45) is 21.7 Å².